The molecule has 150 valence electrons. The second-order valence-electron chi connectivity index (χ2n) is 7.31. The number of likely N-dealkylation sites (N-methyl/N-ethyl adjacent to an activating group) is 1. The van der Waals surface area contributed by atoms with Gasteiger partial charge in [-0.3, -0.25) is 14.5 Å². The first-order chi connectivity index (χ1) is 13.3. The number of carbonyl (C=O) groups excluding carboxylic acids is 2. The highest BCUT2D eigenvalue weighted by molar-refractivity contribution is 6.33. The van der Waals surface area contributed by atoms with Crippen LogP contribution in [0.5, 0.6) is 0 Å². The number of rotatable bonds is 8. The van der Waals surface area contributed by atoms with Crippen LogP contribution in [0.4, 0.5) is 5.69 Å². The Morgan fingerprint density at radius 1 is 0.929 bits per heavy atom. The summed E-state index contributed by atoms with van der Waals surface area (Å²) in [4.78, 5) is 26.1. The van der Waals surface area contributed by atoms with Crippen LogP contribution in [0, 0.1) is 0 Å². The van der Waals surface area contributed by atoms with Crippen molar-refractivity contribution in [2.75, 3.05) is 25.5 Å². The van der Waals surface area contributed by atoms with Crippen molar-refractivity contribution in [3.63, 3.8) is 0 Å². The molecule has 0 saturated heterocycles. The van der Waals surface area contributed by atoms with Crippen molar-refractivity contribution < 1.29 is 9.59 Å². The lowest BCUT2D eigenvalue weighted by Crippen LogP contribution is -2.39. The normalized spacial score (nSPS) is 12.1. The van der Waals surface area contributed by atoms with E-state index < -0.39 is 0 Å². The average Bonchev–Trinajstić information content (AvgIpc) is 2.63. The van der Waals surface area contributed by atoms with Gasteiger partial charge in [0.25, 0.3) is 0 Å². The standard InChI is InChI=1S/C22H28ClN3O2/c1-15(2)17-9-11-18(12-10-17)16(3)24-21(27)13-26(4)14-22(28)25-20-8-6-5-7-19(20)23/h5-12,15-16H,13-14H2,1-4H3,(H,24,27)(H,25,28)/t16-/m1/s1. The monoisotopic (exact) mass is 401 g/mol. The largest absolute Gasteiger partial charge is 0.348 e. The lowest BCUT2D eigenvalue weighted by atomic mass is 9.99. The molecule has 0 aliphatic rings. The summed E-state index contributed by atoms with van der Waals surface area (Å²) < 4.78 is 0. The van der Waals surface area contributed by atoms with Crippen molar-refractivity contribution >= 4 is 29.1 Å². The Morgan fingerprint density at radius 2 is 1.50 bits per heavy atom. The molecular formula is C22H28ClN3O2. The van der Waals surface area contributed by atoms with Crippen molar-refractivity contribution in [1.29, 1.82) is 0 Å². The Bertz CT molecular complexity index is 806. The van der Waals surface area contributed by atoms with E-state index in [1.54, 1.807) is 36.2 Å². The van der Waals surface area contributed by atoms with Gasteiger partial charge >= 0.3 is 0 Å². The highest BCUT2D eigenvalue weighted by atomic mass is 35.5. The molecule has 0 aliphatic heterocycles. The summed E-state index contributed by atoms with van der Waals surface area (Å²) in [5.41, 5.74) is 2.88. The van der Waals surface area contributed by atoms with E-state index in [2.05, 4.69) is 36.6 Å². The number of amides is 2. The number of carbonyl (C=O) groups is 2. The number of hydrogen-bond donors (Lipinski definition) is 2. The predicted molar refractivity (Wildman–Crippen MR) is 115 cm³/mol. The second kappa shape index (κ2) is 10.2. The maximum atomic E-state index is 12.3. The van der Waals surface area contributed by atoms with Crippen molar-refractivity contribution in [3.05, 3.63) is 64.7 Å². The third-order valence-corrected chi connectivity index (χ3v) is 4.79. The van der Waals surface area contributed by atoms with Gasteiger partial charge in [-0.15, -0.1) is 0 Å². The molecule has 0 radical (unpaired) electrons. The fourth-order valence-electron chi connectivity index (χ4n) is 2.84. The summed E-state index contributed by atoms with van der Waals surface area (Å²) >= 11 is 6.04. The molecule has 28 heavy (non-hydrogen) atoms. The van der Waals surface area contributed by atoms with Gasteiger partial charge < -0.3 is 10.6 Å². The van der Waals surface area contributed by atoms with Crippen LogP contribution in [-0.4, -0.2) is 36.9 Å². The minimum atomic E-state index is -0.222. The first-order valence-electron chi connectivity index (χ1n) is 9.38. The number of anilines is 1. The highest BCUT2D eigenvalue weighted by Crippen LogP contribution is 2.20. The number of halogens is 1. The smallest absolute Gasteiger partial charge is 0.238 e. The van der Waals surface area contributed by atoms with E-state index in [1.807, 2.05) is 19.1 Å². The van der Waals surface area contributed by atoms with Crippen LogP contribution in [0.25, 0.3) is 0 Å². The molecule has 2 amide bonds. The highest BCUT2D eigenvalue weighted by Gasteiger charge is 2.14. The Hall–Kier alpha value is -2.37. The molecule has 0 aliphatic carbocycles. The maximum absolute atomic E-state index is 12.3. The topological polar surface area (TPSA) is 61.4 Å². The molecule has 1 atom stereocenters. The zero-order valence-electron chi connectivity index (χ0n) is 16.8. The third kappa shape index (κ3) is 6.66. The van der Waals surface area contributed by atoms with E-state index in [9.17, 15) is 9.59 Å². The molecule has 2 aromatic rings. The summed E-state index contributed by atoms with van der Waals surface area (Å²) in [6, 6.07) is 15.2. The van der Waals surface area contributed by atoms with Gasteiger partial charge in [0.1, 0.15) is 0 Å². The van der Waals surface area contributed by atoms with Gasteiger partial charge in [-0.05, 0) is 43.1 Å². The Morgan fingerprint density at radius 3 is 2.11 bits per heavy atom. The number of benzene rings is 2. The Kier molecular flexibility index (Phi) is 8.03. The van der Waals surface area contributed by atoms with Crippen LogP contribution in [0.2, 0.25) is 5.02 Å². The SMILES string of the molecule is CC(C)c1ccc([C@@H](C)NC(=O)CN(C)CC(=O)Nc2ccccc2Cl)cc1. The molecule has 0 heterocycles. The lowest BCUT2D eigenvalue weighted by molar-refractivity contribution is -0.123. The summed E-state index contributed by atoms with van der Waals surface area (Å²) in [7, 11) is 1.73. The zero-order valence-corrected chi connectivity index (χ0v) is 17.6. The van der Waals surface area contributed by atoms with E-state index in [0.29, 0.717) is 16.6 Å². The van der Waals surface area contributed by atoms with Gasteiger partial charge in [0.15, 0.2) is 0 Å². The molecule has 0 saturated carbocycles. The second-order valence-corrected chi connectivity index (χ2v) is 7.72. The van der Waals surface area contributed by atoms with E-state index in [4.69, 9.17) is 11.6 Å². The van der Waals surface area contributed by atoms with E-state index in [0.717, 1.165) is 5.56 Å². The molecule has 0 bridgehead atoms. The molecule has 0 aromatic heterocycles. The molecule has 0 unspecified atom stereocenters. The van der Waals surface area contributed by atoms with Gasteiger partial charge in [-0.25, -0.2) is 0 Å². The van der Waals surface area contributed by atoms with Crippen LogP contribution >= 0.6 is 11.6 Å². The molecule has 2 N–H and O–H groups in total. The van der Waals surface area contributed by atoms with E-state index in [1.165, 1.54) is 5.56 Å². The number of nitrogens with zero attached hydrogens (tertiary/aromatic N) is 1. The van der Waals surface area contributed by atoms with Crippen LogP contribution in [-0.2, 0) is 9.59 Å². The van der Waals surface area contributed by atoms with Crippen molar-refractivity contribution in [1.82, 2.24) is 10.2 Å². The van der Waals surface area contributed by atoms with Crippen LogP contribution < -0.4 is 10.6 Å². The number of nitrogens with one attached hydrogen (secondary N) is 2. The number of para-hydroxylation sites is 1. The van der Waals surface area contributed by atoms with E-state index >= 15 is 0 Å². The summed E-state index contributed by atoms with van der Waals surface area (Å²) in [5, 5.41) is 6.21. The molecule has 2 rings (SSSR count). The first kappa shape index (κ1) is 21.9. The van der Waals surface area contributed by atoms with Crippen LogP contribution in [0.3, 0.4) is 0 Å². The predicted octanol–water partition coefficient (Wildman–Crippen LogP) is 4.21. The summed E-state index contributed by atoms with van der Waals surface area (Å²) in [5.74, 6) is 0.124. The van der Waals surface area contributed by atoms with Gasteiger partial charge in [0.2, 0.25) is 11.8 Å². The maximum Gasteiger partial charge on any atom is 0.238 e. The zero-order chi connectivity index (χ0) is 20.7. The van der Waals surface area contributed by atoms with Gasteiger partial charge in [0, 0.05) is 0 Å². The van der Waals surface area contributed by atoms with Crippen LogP contribution in [0.15, 0.2) is 48.5 Å². The molecule has 0 spiro atoms. The minimum Gasteiger partial charge on any atom is -0.348 e. The molecule has 6 heteroatoms. The van der Waals surface area contributed by atoms with Gasteiger partial charge in [-0.2, -0.15) is 0 Å². The average molecular weight is 402 g/mol. The lowest BCUT2D eigenvalue weighted by Gasteiger charge is -2.19. The van der Waals surface area contributed by atoms with Gasteiger partial charge in [0.05, 0.1) is 29.8 Å². The van der Waals surface area contributed by atoms with Crippen molar-refractivity contribution in [3.8, 4) is 0 Å². The van der Waals surface area contributed by atoms with E-state index in [-0.39, 0.29) is 30.9 Å². The fraction of sp³-hybridized carbons (Fsp3) is 0.364. The molecule has 0 fully saturated rings. The van der Waals surface area contributed by atoms with Crippen molar-refractivity contribution in [2.45, 2.75) is 32.7 Å². The molecular weight excluding hydrogens is 374 g/mol. The summed E-state index contributed by atoms with van der Waals surface area (Å²) in [6.07, 6.45) is 0. The fourth-order valence-corrected chi connectivity index (χ4v) is 3.02. The first-order valence-corrected chi connectivity index (χ1v) is 9.76. The summed E-state index contributed by atoms with van der Waals surface area (Å²) in [6.45, 7) is 6.47. The number of hydrogen-bond acceptors (Lipinski definition) is 3. The Labute approximate surface area is 172 Å². The third-order valence-electron chi connectivity index (χ3n) is 4.46. The quantitative estimate of drug-likeness (QED) is 0.696. The van der Waals surface area contributed by atoms with Crippen molar-refractivity contribution in [2.24, 2.45) is 0 Å². The minimum absolute atomic E-state index is 0.0934. The van der Waals surface area contributed by atoms with Crippen LogP contribution in [0.1, 0.15) is 43.9 Å². The molecule has 5 nitrogen and oxygen atoms in total. The molecule has 2 aromatic carbocycles. The Balaban J connectivity index is 1.81. The van der Waals surface area contributed by atoms with Gasteiger partial charge in [-0.1, -0.05) is 61.8 Å².